The van der Waals surface area contributed by atoms with Gasteiger partial charge in [-0.3, -0.25) is 14.4 Å². The molecule has 0 aromatic heterocycles. The van der Waals surface area contributed by atoms with Gasteiger partial charge in [-0.2, -0.15) is 0 Å². The molecule has 1 saturated heterocycles. The lowest BCUT2D eigenvalue weighted by atomic mass is 9.48. The molecule has 1 unspecified atom stereocenters. The first-order valence-electron chi connectivity index (χ1n) is 12.7. The molecule has 0 radical (unpaired) electrons. The summed E-state index contributed by atoms with van der Waals surface area (Å²) in [4.78, 5) is 34.6. The van der Waals surface area contributed by atoms with E-state index in [-0.39, 0.29) is 42.1 Å². The number of ether oxygens (including phenoxy) is 5. The highest BCUT2D eigenvalue weighted by Gasteiger charge is 2.69. The van der Waals surface area contributed by atoms with Crippen LogP contribution in [0, 0.1) is 34.5 Å². The van der Waals surface area contributed by atoms with E-state index < -0.39 is 11.2 Å². The molecule has 0 spiro atoms. The van der Waals surface area contributed by atoms with Crippen LogP contribution in [0.4, 0.5) is 0 Å². The van der Waals surface area contributed by atoms with Crippen molar-refractivity contribution in [3.05, 3.63) is 0 Å². The van der Waals surface area contributed by atoms with Crippen molar-refractivity contribution in [2.75, 3.05) is 20.3 Å². The zero-order chi connectivity index (χ0) is 24.7. The van der Waals surface area contributed by atoms with Gasteiger partial charge in [0.15, 0.2) is 5.79 Å². The summed E-state index contributed by atoms with van der Waals surface area (Å²) in [5, 5.41) is 0. The average molecular weight is 481 g/mol. The van der Waals surface area contributed by atoms with E-state index in [2.05, 4.69) is 6.92 Å². The Morgan fingerprint density at radius 2 is 1.85 bits per heavy atom. The summed E-state index contributed by atoms with van der Waals surface area (Å²) in [6.07, 6.45) is 5.51. The fourth-order valence-electron chi connectivity index (χ4n) is 8.63. The van der Waals surface area contributed by atoms with E-state index in [1.54, 1.807) is 7.11 Å². The van der Waals surface area contributed by atoms with Crippen molar-refractivity contribution in [3.63, 3.8) is 0 Å². The molecule has 192 valence electrons. The smallest absolute Gasteiger partial charge is 0.302 e. The first-order chi connectivity index (χ1) is 16.1. The van der Waals surface area contributed by atoms with Gasteiger partial charge in [0.25, 0.3) is 6.47 Å². The molecule has 8 nitrogen and oxygen atoms in total. The van der Waals surface area contributed by atoms with Crippen molar-refractivity contribution >= 4 is 18.4 Å². The molecule has 0 aromatic rings. The van der Waals surface area contributed by atoms with E-state index in [0.29, 0.717) is 50.1 Å². The molecule has 34 heavy (non-hydrogen) atoms. The van der Waals surface area contributed by atoms with E-state index in [4.69, 9.17) is 23.7 Å². The minimum atomic E-state index is -0.966. The Morgan fingerprint density at radius 1 is 1.09 bits per heavy atom. The van der Waals surface area contributed by atoms with Crippen molar-refractivity contribution in [1.82, 2.24) is 0 Å². The van der Waals surface area contributed by atoms with Crippen LogP contribution < -0.4 is 0 Å². The average Bonchev–Trinajstić information content (AvgIpc) is 3.14. The molecule has 1 heterocycles. The Balaban J connectivity index is 1.64. The fourth-order valence-corrected chi connectivity index (χ4v) is 8.63. The molecule has 3 aliphatic carbocycles. The Morgan fingerprint density at radius 3 is 2.50 bits per heavy atom. The predicted octanol–water partition coefficient (Wildman–Crippen LogP) is 3.64. The summed E-state index contributed by atoms with van der Waals surface area (Å²) < 4.78 is 29.4. The summed E-state index contributed by atoms with van der Waals surface area (Å²) in [5.41, 5.74) is -0.433. The molecule has 4 aliphatic rings. The van der Waals surface area contributed by atoms with Gasteiger partial charge < -0.3 is 23.7 Å². The van der Waals surface area contributed by atoms with Crippen LogP contribution in [0.3, 0.4) is 0 Å². The predicted molar refractivity (Wildman–Crippen MR) is 121 cm³/mol. The van der Waals surface area contributed by atoms with E-state index >= 15 is 0 Å². The molecule has 8 heteroatoms. The van der Waals surface area contributed by atoms with Gasteiger partial charge in [-0.05, 0) is 68.6 Å². The summed E-state index contributed by atoms with van der Waals surface area (Å²) >= 11 is 0. The normalized spacial score (nSPS) is 44.1. The highest BCUT2D eigenvalue weighted by atomic mass is 16.7. The number of hydrogen-bond donors (Lipinski definition) is 0. The van der Waals surface area contributed by atoms with Gasteiger partial charge in [-0.15, -0.1) is 0 Å². The van der Waals surface area contributed by atoms with Crippen LogP contribution in [-0.2, 0) is 38.1 Å². The Kier molecular flexibility index (Phi) is 7.04. The third-order valence-corrected chi connectivity index (χ3v) is 9.89. The van der Waals surface area contributed by atoms with E-state index in [9.17, 15) is 14.4 Å². The number of rotatable bonds is 7. The third-order valence-electron chi connectivity index (χ3n) is 9.89. The first kappa shape index (κ1) is 25.4. The maximum atomic E-state index is 11.7. The van der Waals surface area contributed by atoms with Gasteiger partial charge in [-0.25, -0.2) is 0 Å². The highest BCUT2D eigenvalue weighted by molar-refractivity contribution is 5.66. The van der Waals surface area contributed by atoms with Gasteiger partial charge in [0, 0.05) is 33.3 Å². The molecule has 0 aromatic carbocycles. The second-order valence-corrected chi connectivity index (χ2v) is 11.2. The number of carbonyl (C=O) groups excluding carboxylic acids is 3. The van der Waals surface area contributed by atoms with E-state index in [1.165, 1.54) is 13.8 Å². The fraction of sp³-hybridized carbons (Fsp3) is 0.885. The van der Waals surface area contributed by atoms with Gasteiger partial charge >= 0.3 is 11.9 Å². The second-order valence-electron chi connectivity index (χ2n) is 11.2. The maximum absolute atomic E-state index is 11.7. The lowest BCUT2D eigenvalue weighted by molar-refractivity contribution is -0.376. The number of hydrogen-bond acceptors (Lipinski definition) is 8. The number of carbonyl (C=O) groups is 3. The van der Waals surface area contributed by atoms with Crippen molar-refractivity contribution < 1.29 is 38.1 Å². The van der Waals surface area contributed by atoms with Crippen LogP contribution in [0.2, 0.25) is 0 Å². The second kappa shape index (κ2) is 9.41. The minimum Gasteiger partial charge on any atom is -0.467 e. The molecule has 4 rings (SSSR count). The molecular formula is C26H40O8. The van der Waals surface area contributed by atoms with Crippen LogP contribution in [0.1, 0.15) is 72.6 Å². The topological polar surface area (TPSA) is 97.4 Å². The summed E-state index contributed by atoms with van der Waals surface area (Å²) in [5.74, 6) is -0.187. The van der Waals surface area contributed by atoms with Crippen molar-refractivity contribution in [2.24, 2.45) is 34.5 Å². The summed E-state index contributed by atoms with van der Waals surface area (Å²) in [7, 11) is 1.64. The SMILES string of the molecule is CO[C@]12C[C@@H](OC(C)=O)CC[C@]1(COC=O)[C@H]1CC[C@]3(C)[C@@H](C(C)OC(C)=O)CC[C@H]3[C@@H]1CO2. The molecular weight excluding hydrogens is 440 g/mol. The largest absolute Gasteiger partial charge is 0.467 e. The lowest BCUT2D eigenvalue weighted by Crippen LogP contribution is -2.69. The Labute approximate surface area is 202 Å². The highest BCUT2D eigenvalue weighted by Crippen LogP contribution is 2.68. The van der Waals surface area contributed by atoms with Gasteiger partial charge in [0.1, 0.15) is 18.8 Å². The van der Waals surface area contributed by atoms with Gasteiger partial charge in [0.05, 0.1) is 12.0 Å². The number of methoxy groups -OCH3 is 1. The Hall–Kier alpha value is -1.67. The van der Waals surface area contributed by atoms with E-state index in [1.807, 2.05) is 6.92 Å². The third kappa shape index (κ3) is 3.94. The van der Waals surface area contributed by atoms with Gasteiger partial charge in [-0.1, -0.05) is 6.92 Å². The summed E-state index contributed by atoms with van der Waals surface area (Å²) in [6.45, 7) is 8.58. The van der Waals surface area contributed by atoms with Crippen molar-refractivity contribution in [3.8, 4) is 0 Å². The van der Waals surface area contributed by atoms with Crippen LogP contribution in [0.15, 0.2) is 0 Å². The maximum Gasteiger partial charge on any atom is 0.302 e. The molecule has 1 aliphatic heterocycles. The standard InChI is InChI=1S/C26H40O8/c1-16(33-17(2)28)21-6-7-22-20-13-32-26(30-5)12-19(34-18(3)29)8-11-25(26,14-31-15-27)23(20)9-10-24(21,22)4/h15-16,19-23H,6-14H2,1-5H3/t16?,19-,20-,21+,22-,23-,24+,25-,26-/m0/s1. The number of esters is 2. The lowest BCUT2D eigenvalue weighted by Gasteiger charge is -2.64. The van der Waals surface area contributed by atoms with Crippen LogP contribution in [0.25, 0.3) is 0 Å². The molecule has 0 amide bonds. The quantitative estimate of drug-likeness (QED) is 0.309. The van der Waals surface area contributed by atoms with Crippen molar-refractivity contribution in [2.45, 2.75) is 90.6 Å². The zero-order valence-corrected chi connectivity index (χ0v) is 21.2. The van der Waals surface area contributed by atoms with E-state index in [0.717, 1.165) is 25.7 Å². The van der Waals surface area contributed by atoms with Crippen LogP contribution in [0.5, 0.6) is 0 Å². The van der Waals surface area contributed by atoms with Gasteiger partial charge in [0.2, 0.25) is 0 Å². The van der Waals surface area contributed by atoms with Crippen LogP contribution >= 0.6 is 0 Å². The number of fused-ring (bicyclic) bond motifs is 5. The minimum absolute atomic E-state index is 0.0636. The Bertz CT molecular complexity index is 800. The van der Waals surface area contributed by atoms with Crippen LogP contribution in [-0.4, -0.2) is 56.7 Å². The molecule has 0 N–H and O–H groups in total. The monoisotopic (exact) mass is 480 g/mol. The van der Waals surface area contributed by atoms with Crippen molar-refractivity contribution in [1.29, 1.82) is 0 Å². The first-order valence-corrected chi connectivity index (χ1v) is 12.7. The summed E-state index contributed by atoms with van der Waals surface area (Å²) in [6, 6.07) is 0. The molecule has 9 atom stereocenters. The molecule has 3 saturated carbocycles. The molecule has 0 bridgehead atoms. The zero-order valence-electron chi connectivity index (χ0n) is 21.2. The molecule has 4 fully saturated rings.